The zero-order chi connectivity index (χ0) is 18.4. The van der Waals surface area contributed by atoms with Crippen LogP contribution in [0.25, 0.3) is 0 Å². The Hall–Kier alpha value is -1.44. The van der Waals surface area contributed by atoms with Gasteiger partial charge in [0.15, 0.2) is 6.54 Å². The second-order valence-corrected chi connectivity index (χ2v) is 8.72. The normalized spacial score (nSPS) is 24.0. The van der Waals surface area contributed by atoms with Crippen LogP contribution in [0.4, 0.5) is 0 Å². The van der Waals surface area contributed by atoms with Crippen molar-refractivity contribution in [1.82, 2.24) is 5.32 Å². The number of nitrogens with two attached hydrogens (primary N) is 2. The molecule has 7 heteroatoms. The lowest BCUT2D eigenvalue weighted by Crippen LogP contribution is -2.87. The summed E-state index contributed by atoms with van der Waals surface area (Å²) in [5.41, 5.74) is 1.03. The quantitative estimate of drug-likeness (QED) is 0.606. The molecule has 1 saturated carbocycles. The van der Waals surface area contributed by atoms with Crippen LogP contribution in [0.1, 0.15) is 38.7 Å². The highest BCUT2D eigenvalue weighted by molar-refractivity contribution is 7.89. The molecule has 6 nitrogen and oxygen atoms in total. The molecular weight excluding hydrogens is 338 g/mol. The van der Waals surface area contributed by atoms with Crippen LogP contribution in [0.15, 0.2) is 29.2 Å². The van der Waals surface area contributed by atoms with Crippen molar-refractivity contribution in [2.24, 2.45) is 17.0 Å². The van der Waals surface area contributed by atoms with E-state index in [1.807, 2.05) is 5.32 Å². The zero-order valence-corrected chi connectivity index (χ0v) is 15.9. The van der Waals surface area contributed by atoms with Crippen LogP contribution in [0.3, 0.4) is 0 Å². The molecule has 0 aliphatic heterocycles. The second kappa shape index (κ2) is 8.78. The minimum absolute atomic E-state index is 0.0931. The molecule has 1 aliphatic carbocycles. The van der Waals surface area contributed by atoms with Gasteiger partial charge in [0.2, 0.25) is 10.0 Å². The number of primary sulfonamides is 1. The standard InChI is InChI=1S/C18H29N3O3S/c1-13-4-3-5-17(14(13)2)21-18(22)12-20-11-10-15-6-8-16(9-7-15)25(19,23)24/h6-9,13-14,17,20H,3-5,10-12H2,1-2H3,(H,21,22)(H2,19,23,24)/p+1/t13-,14-,17+/m1/s1. The van der Waals surface area contributed by atoms with Crippen LogP contribution < -0.4 is 15.8 Å². The van der Waals surface area contributed by atoms with E-state index in [2.05, 4.69) is 19.2 Å². The van der Waals surface area contributed by atoms with E-state index >= 15 is 0 Å². The number of benzene rings is 1. The smallest absolute Gasteiger partial charge is 0.275 e. The average Bonchev–Trinajstić information content (AvgIpc) is 2.55. The molecular formula is C18H30N3O3S+. The molecule has 25 heavy (non-hydrogen) atoms. The maximum atomic E-state index is 12.1. The van der Waals surface area contributed by atoms with Crippen molar-refractivity contribution in [3.8, 4) is 0 Å². The number of carbonyl (C=O) groups excluding carboxylic acids is 1. The molecule has 0 heterocycles. The molecule has 0 bridgehead atoms. The number of hydrogen-bond acceptors (Lipinski definition) is 3. The summed E-state index contributed by atoms with van der Waals surface area (Å²) in [6, 6.07) is 6.86. The predicted octanol–water partition coefficient (Wildman–Crippen LogP) is 0.381. The van der Waals surface area contributed by atoms with Crippen LogP contribution in [0.5, 0.6) is 0 Å². The molecule has 3 atom stereocenters. The number of hydrogen-bond donors (Lipinski definition) is 3. The highest BCUT2D eigenvalue weighted by Crippen LogP contribution is 2.29. The molecule has 0 spiro atoms. The molecule has 0 aromatic heterocycles. The third kappa shape index (κ3) is 6.09. The van der Waals surface area contributed by atoms with E-state index in [9.17, 15) is 13.2 Å². The van der Waals surface area contributed by atoms with Gasteiger partial charge in [0.1, 0.15) is 0 Å². The van der Waals surface area contributed by atoms with Crippen molar-refractivity contribution < 1.29 is 18.5 Å². The van der Waals surface area contributed by atoms with Crippen LogP contribution in [0, 0.1) is 11.8 Å². The van der Waals surface area contributed by atoms with Crippen LogP contribution in [0.2, 0.25) is 0 Å². The molecule has 1 fully saturated rings. The van der Waals surface area contributed by atoms with E-state index < -0.39 is 10.0 Å². The molecule has 2 rings (SSSR count). The Kier molecular flexibility index (Phi) is 6.98. The molecule has 0 saturated heterocycles. The Bertz CT molecular complexity index is 673. The summed E-state index contributed by atoms with van der Waals surface area (Å²) >= 11 is 0. The largest absolute Gasteiger partial charge is 0.348 e. The fraction of sp³-hybridized carbons (Fsp3) is 0.611. The minimum Gasteiger partial charge on any atom is -0.348 e. The van der Waals surface area contributed by atoms with Gasteiger partial charge in [-0.25, -0.2) is 13.6 Å². The first-order valence-corrected chi connectivity index (χ1v) is 10.5. The maximum Gasteiger partial charge on any atom is 0.275 e. The van der Waals surface area contributed by atoms with Crippen LogP contribution in [-0.4, -0.2) is 33.5 Å². The first-order valence-electron chi connectivity index (χ1n) is 9.00. The average molecular weight is 369 g/mol. The maximum absolute atomic E-state index is 12.1. The van der Waals surface area contributed by atoms with Gasteiger partial charge in [-0.2, -0.15) is 0 Å². The lowest BCUT2D eigenvalue weighted by Gasteiger charge is -2.34. The SMILES string of the molecule is C[C@@H]1[C@H](C)CCC[C@@H]1NC(=O)C[NH2+]CCc1ccc(S(N)(=O)=O)cc1. The summed E-state index contributed by atoms with van der Waals surface area (Å²) < 4.78 is 22.4. The lowest BCUT2D eigenvalue weighted by atomic mass is 9.78. The Morgan fingerprint density at radius 3 is 2.56 bits per heavy atom. The van der Waals surface area contributed by atoms with Gasteiger partial charge in [0.25, 0.3) is 5.91 Å². The number of rotatable bonds is 7. The van der Waals surface area contributed by atoms with Crippen LogP contribution >= 0.6 is 0 Å². The van der Waals surface area contributed by atoms with Gasteiger partial charge in [0, 0.05) is 12.5 Å². The van der Waals surface area contributed by atoms with E-state index in [0.717, 1.165) is 24.9 Å². The van der Waals surface area contributed by atoms with Gasteiger partial charge in [0.05, 0.1) is 11.4 Å². The fourth-order valence-electron chi connectivity index (χ4n) is 3.40. The predicted molar refractivity (Wildman–Crippen MR) is 97.3 cm³/mol. The number of quaternary nitrogens is 1. The van der Waals surface area contributed by atoms with Crippen molar-refractivity contribution in [3.63, 3.8) is 0 Å². The summed E-state index contributed by atoms with van der Waals surface area (Å²) in [4.78, 5) is 12.2. The van der Waals surface area contributed by atoms with Crippen molar-refractivity contribution in [2.75, 3.05) is 13.1 Å². The third-order valence-corrected chi connectivity index (χ3v) is 6.20. The highest BCUT2D eigenvalue weighted by atomic mass is 32.2. The van der Waals surface area contributed by atoms with E-state index in [-0.39, 0.29) is 10.8 Å². The van der Waals surface area contributed by atoms with Gasteiger partial charge in [-0.1, -0.05) is 38.8 Å². The molecule has 0 unspecified atom stereocenters. The number of nitrogens with one attached hydrogen (secondary N) is 1. The topological polar surface area (TPSA) is 106 Å². The third-order valence-electron chi connectivity index (χ3n) is 5.27. The fourth-order valence-corrected chi connectivity index (χ4v) is 3.91. The Labute approximate surface area is 150 Å². The molecule has 140 valence electrons. The molecule has 5 N–H and O–H groups in total. The first-order chi connectivity index (χ1) is 11.8. The minimum atomic E-state index is -3.64. The number of amides is 1. The van der Waals surface area contributed by atoms with Crippen LogP contribution in [-0.2, 0) is 21.2 Å². The summed E-state index contributed by atoms with van der Waals surface area (Å²) in [7, 11) is -3.64. The molecule has 0 radical (unpaired) electrons. The van der Waals surface area contributed by atoms with Gasteiger partial charge in [-0.05, 0) is 36.0 Å². The molecule has 1 aromatic carbocycles. The van der Waals surface area contributed by atoms with Crippen molar-refractivity contribution in [1.29, 1.82) is 0 Å². The monoisotopic (exact) mass is 368 g/mol. The first kappa shape index (κ1) is 19.9. The number of sulfonamides is 1. The Balaban J connectivity index is 1.69. The highest BCUT2D eigenvalue weighted by Gasteiger charge is 2.28. The summed E-state index contributed by atoms with van der Waals surface area (Å²) in [6.45, 7) is 5.69. The summed E-state index contributed by atoms with van der Waals surface area (Å²) in [6.07, 6.45) is 4.29. The van der Waals surface area contributed by atoms with Gasteiger partial charge < -0.3 is 10.6 Å². The summed E-state index contributed by atoms with van der Waals surface area (Å²) in [5, 5.41) is 10.2. The molecule has 1 amide bonds. The van der Waals surface area contributed by atoms with E-state index in [4.69, 9.17) is 5.14 Å². The Morgan fingerprint density at radius 2 is 1.92 bits per heavy atom. The van der Waals surface area contributed by atoms with E-state index in [1.54, 1.807) is 12.1 Å². The van der Waals surface area contributed by atoms with Crippen molar-refractivity contribution in [3.05, 3.63) is 29.8 Å². The van der Waals surface area contributed by atoms with Crippen molar-refractivity contribution in [2.45, 2.75) is 50.5 Å². The molecule has 1 aromatic rings. The van der Waals surface area contributed by atoms with E-state index in [0.29, 0.717) is 24.4 Å². The van der Waals surface area contributed by atoms with Gasteiger partial charge in [-0.3, -0.25) is 4.79 Å². The van der Waals surface area contributed by atoms with E-state index in [1.165, 1.54) is 25.0 Å². The number of carbonyl (C=O) groups is 1. The lowest BCUT2D eigenvalue weighted by molar-refractivity contribution is -0.643. The second-order valence-electron chi connectivity index (χ2n) is 7.16. The van der Waals surface area contributed by atoms with Gasteiger partial charge >= 0.3 is 0 Å². The summed E-state index contributed by atoms with van der Waals surface area (Å²) in [5.74, 6) is 1.30. The Morgan fingerprint density at radius 1 is 1.24 bits per heavy atom. The zero-order valence-electron chi connectivity index (χ0n) is 15.1. The van der Waals surface area contributed by atoms with Gasteiger partial charge in [-0.15, -0.1) is 0 Å². The molecule has 1 aliphatic rings. The van der Waals surface area contributed by atoms with Crippen molar-refractivity contribution >= 4 is 15.9 Å².